The van der Waals surface area contributed by atoms with E-state index in [9.17, 15) is 4.79 Å². The van der Waals surface area contributed by atoms with E-state index in [0.29, 0.717) is 6.04 Å². The molecular formula is C11H22N2OS. The average Bonchev–Trinajstić information content (AvgIpc) is 2.25. The Hall–Kier alpha value is -0.220. The number of carbonyl (C=O) groups excluding carboxylic acids is 1. The quantitative estimate of drug-likeness (QED) is 0.795. The lowest BCUT2D eigenvalue weighted by Gasteiger charge is -2.35. The van der Waals surface area contributed by atoms with Crippen molar-refractivity contribution in [1.29, 1.82) is 0 Å². The summed E-state index contributed by atoms with van der Waals surface area (Å²) in [4.78, 5) is 14.0. The molecule has 88 valence electrons. The Labute approximate surface area is 96.8 Å². The second-order valence-electron chi connectivity index (χ2n) is 4.26. The topological polar surface area (TPSA) is 46.3 Å². The van der Waals surface area contributed by atoms with E-state index in [1.807, 2.05) is 11.2 Å². The molecule has 1 amide bonds. The van der Waals surface area contributed by atoms with Crippen molar-refractivity contribution in [2.75, 3.05) is 18.6 Å². The molecule has 1 unspecified atom stereocenters. The second kappa shape index (κ2) is 6.38. The van der Waals surface area contributed by atoms with Crippen molar-refractivity contribution in [2.24, 2.45) is 5.73 Å². The van der Waals surface area contributed by atoms with Gasteiger partial charge in [-0.3, -0.25) is 4.79 Å². The van der Waals surface area contributed by atoms with Crippen LogP contribution < -0.4 is 5.73 Å². The summed E-state index contributed by atoms with van der Waals surface area (Å²) in [6, 6.07) is 0.0876. The minimum absolute atomic E-state index is 0.149. The fourth-order valence-corrected chi connectivity index (χ4v) is 2.50. The smallest absolute Gasteiger partial charge is 0.239 e. The van der Waals surface area contributed by atoms with Crippen LogP contribution in [0, 0.1) is 0 Å². The number of nitrogens with two attached hydrogens (primary N) is 1. The van der Waals surface area contributed by atoms with E-state index >= 15 is 0 Å². The van der Waals surface area contributed by atoms with Crippen LogP contribution in [0.1, 0.15) is 32.6 Å². The number of amides is 1. The van der Waals surface area contributed by atoms with Crippen LogP contribution in [0.3, 0.4) is 0 Å². The molecule has 1 fully saturated rings. The zero-order valence-corrected chi connectivity index (χ0v) is 10.6. The van der Waals surface area contributed by atoms with E-state index in [4.69, 9.17) is 5.73 Å². The Balaban J connectivity index is 2.43. The number of carbonyl (C=O) groups is 1. The zero-order valence-electron chi connectivity index (χ0n) is 9.74. The first-order chi connectivity index (χ1) is 7.16. The molecule has 1 aliphatic heterocycles. The lowest BCUT2D eigenvalue weighted by atomic mass is 10.0. The van der Waals surface area contributed by atoms with Gasteiger partial charge in [0.05, 0.1) is 6.04 Å². The van der Waals surface area contributed by atoms with Crippen molar-refractivity contribution in [2.45, 2.75) is 44.7 Å². The van der Waals surface area contributed by atoms with E-state index in [0.717, 1.165) is 31.6 Å². The minimum atomic E-state index is -0.294. The highest BCUT2D eigenvalue weighted by atomic mass is 32.2. The molecule has 15 heavy (non-hydrogen) atoms. The molecule has 1 saturated heterocycles. The first-order valence-electron chi connectivity index (χ1n) is 5.71. The number of hydrogen-bond acceptors (Lipinski definition) is 3. The van der Waals surface area contributed by atoms with Gasteiger partial charge in [-0.05, 0) is 44.6 Å². The van der Waals surface area contributed by atoms with E-state index in [-0.39, 0.29) is 11.9 Å². The maximum Gasteiger partial charge on any atom is 0.239 e. The first kappa shape index (κ1) is 12.8. The van der Waals surface area contributed by atoms with Crippen LogP contribution in [-0.4, -0.2) is 41.4 Å². The number of likely N-dealkylation sites (tertiary alicyclic amines) is 1. The molecule has 0 aromatic carbocycles. The summed E-state index contributed by atoms with van der Waals surface area (Å²) >= 11 is 1.74. The van der Waals surface area contributed by atoms with Gasteiger partial charge in [-0.25, -0.2) is 0 Å². The summed E-state index contributed by atoms with van der Waals surface area (Å²) < 4.78 is 0. The van der Waals surface area contributed by atoms with Gasteiger partial charge in [0.25, 0.3) is 0 Å². The third-order valence-corrected chi connectivity index (χ3v) is 3.68. The van der Waals surface area contributed by atoms with Gasteiger partial charge in [0.1, 0.15) is 0 Å². The summed E-state index contributed by atoms with van der Waals surface area (Å²) in [5, 5.41) is 0. The molecule has 1 heterocycles. The molecular weight excluding hydrogens is 208 g/mol. The zero-order chi connectivity index (χ0) is 11.3. The third-order valence-electron chi connectivity index (χ3n) is 3.04. The molecule has 0 radical (unpaired) electrons. The van der Waals surface area contributed by atoms with Crippen molar-refractivity contribution in [3.05, 3.63) is 0 Å². The number of rotatable bonds is 4. The molecule has 4 heteroatoms. The van der Waals surface area contributed by atoms with Gasteiger partial charge in [-0.1, -0.05) is 0 Å². The first-order valence-corrected chi connectivity index (χ1v) is 7.11. The van der Waals surface area contributed by atoms with E-state index in [1.165, 1.54) is 6.42 Å². The standard InChI is InChI=1S/C11H22N2OS/c1-9-5-3-4-7-13(9)11(14)10(12)6-8-15-2/h9-10H,3-8,12H2,1-2H3/t9?,10-/m1/s1. The molecule has 2 N–H and O–H groups in total. The SMILES string of the molecule is CSCC[C@@H](N)C(=O)N1CCCCC1C. The Bertz CT molecular complexity index is 211. The van der Waals surface area contributed by atoms with Crippen LogP contribution in [0.15, 0.2) is 0 Å². The number of piperidine rings is 1. The monoisotopic (exact) mass is 230 g/mol. The molecule has 0 aromatic rings. The van der Waals surface area contributed by atoms with Crippen molar-refractivity contribution >= 4 is 17.7 Å². The van der Waals surface area contributed by atoms with Crippen LogP contribution in [0.5, 0.6) is 0 Å². The number of nitrogens with zero attached hydrogens (tertiary/aromatic N) is 1. The molecule has 3 nitrogen and oxygen atoms in total. The predicted octanol–water partition coefficient (Wildman–Crippen LogP) is 1.47. The molecule has 0 aliphatic carbocycles. The fraction of sp³-hybridized carbons (Fsp3) is 0.909. The van der Waals surface area contributed by atoms with Crippen LogP contribution in [0.4, 0.5) is 0 Å². The number of hydrogen-bond donors (Lipinski definition) is 1. The molecule has 0 spiro atoms. The largest absolute Gasteiger partial charge is 0.339 e. The summed E-state index contributed by atoms with van der Waals surface area (Å²) in [6.07, 6.45) is 6.33. The van der Waals surface area contributed by atoms with Gasteiger partial charge in [-0.15, -0.1) is 0 Å². The highest BCUT2D eigenvalue weighted by Gasteiger charge is 2.26. The maximum atomic E-state index is 12.0. The van der Waals surface area contributed by atoms with Crippen molar-refractivity contribution in [3.63, 3.8) is 0 Å². The van der Waals surface area contributed by atoms with Crippen molar-refractivity contribution in [3.8, 4) is 0 Å². The predicted molar refractivity (Wildman–Crippen MR) is 66.0 cm³/mol. The Morgan fingerprint density at radius 3 is 2.93 bits per heavy atom. The molecule has 1 aliphatic rings. The third kappa shape index (κ3) is 3.68. The van der Waals surface area contributed by atoms with Crippen LogP contribution in [0.2, 0.25) is 0 Å². The minimum Gasteiger partial charge on any atom is -0.339 e. The molecule has 0 aromatic heterocycles. The summed E-state index contributed by atoms with van der Waals surface area (Å²) in [7, 11) is 0. The van der Waals surface area contributed by atoms with Gasteiger partial charge < -0.3 is 10.6 Å². The Morgan fingerprint density at radius 2 is 2.33 bits per heavy atom. The highest BCUT2D eigenvalue weighted by Crippen LogP contribution is 2.17. The van der Waals surface area contributed by atoms with E-state index in [1.54, 1.807) is 11.8 Å². The average molecular weight is 230 g/mol. The fourth-order valence-electron chi connectivity index (χ4n) is 2.01. The van der Waals surface area contributed by atoms with Gasteiger partial charge in [0.2, 0.25) is 5.91 Å². The van der Waals surface area contributed by atoms with Crippen LogP contribution in [0.25, 0.3) is 0 Å². The van der Waals surface area contributed by atoms with Crippen LogP contribution in [-0.2, 0) is 4.79 Å². The van der Waals surface area contributed by atoms with Gasteiger partial charge >= 0.3 is 0 Å². The summed E-state index contributed by atoms with van der Waals surface area (Å²) in [6.45, 7) is 3.02. The van der Waals surface area contributed by atoms with Crippen molar-refractivity contribution < 1.29 is 4.79 Å². The van der Waals surface area contributed by atoms with E-state index < -0.39 is 0 Å². The van der Waals surface area contributed by atoms with Gasteiger partial charge in [-0.2, -0.15) is 11.8 Å². The lowest BCUT2D eigenvalue weighted by Crippen LogP contribution is -2.49. The Kier molecular flexibility index (Phi) is 5.47. The van der Waals surface area contributed by atoms with Crippen LogP contribution >= 0.6 is 11.8 Å². The number of thioether (sulfide) groups is 1. The molecule has 0 bridgehead atoms. The normalized spacial score (nSPS) is 23.9. The molecule has 2 atom stereocenters. The maximum absolute atomic E-state index is 12.0. The Morgan fingerprint density at radius 1 is 1.60 bits per heavy atom. The van der Waals surface area contributed by atoms with E-state index in [2.05, 4.69) is 6.92 Å². The molecule has 0 saturated carbocycles. The van der Waals surface area contributed by atoms with Gasteiger partial charge in [0.15, 0.2) is 0 Å². The molecule has 1 rings (SSSR count). The van der Waals surface area contributed by atoms with Gasteiger partial charge in [0, 0.05) is 12.6 Å². The second-order valence-corrected chi connectivity index (χ2v) is 5.25. The summed E-state index contributed by atoms with van der Waals surface area (Å²) in [5.41, 5.74) is 5.89. The summed E-state index contributed by atoms with van der Waals surface area (Å²) in [5.74, 6) is 1.12. The van der Waals surface area contributed by atoms with Crippen molar-refractivity contribution in [1.82, 2.24) is 4.90 Å². The lowest BCUT2D eigenvalue weighted by molar-refractivity contribution is -0.135. The highest BCUT2D eigenvalue weighted by molar-refractivity contribution is 7.98.